The number of hydrogen-bond donors (Lipinski definition) is 1. The first kappa shape index (κ1) is 18.7. The molecule has 0 aliphatic carbocycles. The molecular formula is C21H26ClNO. The summed E-state index contributed by atoms with van der Waals surface area (Å²) in [5, 5.41) is 3.80. The van der Waals surface area contributed by atoms with Crippen LogP contribution in [0.2, 0.25) is 0 Å². The van der Waals surface area contributed by atoms with Crippen LogP contribution in [0.5, 0.6) is 0 Å². The van der Waals surface area contributed by atoms with E-state index in [4.69, 9.17) is 0 Å². The summed E-state index contributed by atoms with van der Waals surface area (Å²) >= 11 is 0. The number of rotatable bonds is 4. The molecule has 1 aliphatic rings. The number of nitrogens with one attached hydrogen (secondary N) is 1. The zero-order valence-electron chi connectivity index (χ0n) is 14.3. The minimum Gasteiger partial charge on any atom is -0.302 e. The molecule has 0 saturated carbocycles. The SMILES string of the molecule is CCC1C(=O)C(CC)C(c2ccccc2)NC1c1ccccc1.Cl. The predicted molar refractivity (Wildman–Crippen MR) is 101 cm³/mol. The molecule has 0 radical (unpaired) electrons. The van der Waals surface area contributed by atoms with E-state index in [9.17, 15) is 4.79 Å². The van der Waals surface area contributed by atoms with Gasteiger partial charge in [-0.05, 0) is 24.0 Å². The van der Waals surface area contributed by atoms with E-state index >= 15 is 0 Å². The summed E-state index contributed by atoms with van der Waals surface area (Å²) in [5.41, 5.74) is 2.42. The second kappa shape index (κ2) is 8.46. The van der Waals surface area contributed by atoms with Crippen molar-refractivity contribution < 1.29 is 4.79 Å². The van der Waals surface area contributed by atoms with Crippen LogP contribution < -0.4 is 5.32 Å². The molecule has 1 N–H and O–H groups in total. The van der Waals surface area contributed by atoms with Gasteiger partial charge < -0.3 is 5.32 Å². The van der Waals surface area contributed by atoms with E-state index < -0.39 is 0 Å². The third-order valence-electron chi connectivity index (χ3n) is 5.09. The highest BCUT2D eigenvalue weighted by atomic mass is 35.5. The Morgan fingerprint density at radius 3 is 1.46 bits per heavy atom. The van der Waals surface area contributed by atoms with Crippen molar-refractivity contribution in [2.45, 2.75) is 38.8 Å². The Hall–Kier alpha value is -1.64. The number of carbonyl (C=O) groups is 1. The molecule has 2 nitrogen and oxygen atoms in total. The van der Waals surface area contributed by atoms with Crippen LogP contribution in [0.25, 0.3) is 0 Å². The van der Waals surface area contributed by atoms with Crippen molar-refractivity contribution in [3.8, 4) is 0 Å². The standard InChI is InChI=1S/C21H25NO.ClH/c1-3-17-19(15-11-7-5-8-12-15)22-20(18(4-2)21(17)23)16-13-9-6-10-14-16;/h5-14,17-20,22H,3-4H2,1-2H3;1H. The van der Waals surface area contributed by atoms with Gasteiger partial charge in [0.15, 0.2) is 0 Å². The van der Waals surface area contributed by atoms with Crippen LogP contribution in [0.1, 0.15) is 49.9 Å². The van der Waals surface area contributed by atoms with Gasteiger partial charge in [-0.2, -0.15) is 0 Å². The summed E-state index contributed by atoms with van der Waals surface area (Å²) in [6, 6.07) is 21.0. The third-order valence-corrected chi connectivity index (χ3v) is 5.09. The Kier molecular flexibility index (Phi) is 6.59. The van der Waals surface area contributed by atoms with Crippen LogP contribution in [0.15, 0.2) is 60.7 Å². The summed E-state index contributed by atoms with van der Waals surface area (Å²) in [6.45, 7) is 4.24. The molecule has 4 unspecified atom stereocenters. The number of carbonyl (C=O) groups excluding carboxylic acids is 1. The molecule has 3 rings (SSSR count). The second-order valence-electron chi connectivity index (χ2n) is 6.38. The molecule has 0 spiro atoms. The minimum atomic E-state index is 0. The van der Waals surface area contributed by atoms with Gasteiger partial charge in [-0.15, -0.1) is 12.4 Å². The first-order valence-electron chi connectivity index (χ1n) is 8.65. The summed E-state index contributed by atoms with van der Waals surface area (Å²) < 4.78 is 0. The largest absolute Gasteiger partial charge is 0.302 e. The van der Waals surface area contributed by atoms with Gasteiger partial charge in [0.1, 0.15) is 5.78 Å². The molecule has 1 heterocycles. The molecule has 0 aromatic heterocycles. The highest BCUT2D eigenvalue weighted by Gasteiger charge is 2.42. The number of ketones is 1. The van der Waals surface area contributed by atoms with Crippen LogP contribution in [-0.4, -0.2) is 5.78 Å². The van der Waals surface area contributed by atoms with Gasteiger partial charge in [-0.1, -0.05) is 74.5 Å². The molecule has 3 heteroatoms. The molecule has 0 bridgehead atoms. The van der Waals surface area contributed by atoms with Crippen molar-refractivity contribution in [2.75, 3.05) is 0 Å². The van der Waals surface area contributed by atoms with E-state index in [0.29, 0.717) is 5.78 Å². The smallest absolute Gasteiger partial charge is 0.142 e. The zero-order valence-corrected chi connectivity index (χ0v) is 15.1. The summed E-state index contributed by atoms with van der Waals surface area (Å²) in [7, 11) is 0. The first-order chi connectivity index (χ1) is 11.3. The van der Waals surface area contributed by atoms with Gasteiger partial charge in [-0.3, -0.25) is 4.79 Å². The van der Waals surface area contributed by atoms with Crippen LogP contribution in [0, 0.1) is 11.8 Å². The zero-order chi connectivity index (χ0) is 16.2. The fourth-order valence-electron chi connectivity index (χ4n) is 3.88. The van der Waals surface area contributed by atoms with Gasteiger partial charge >= 0.3 is 0 Å². The molecular weight excluding hydrogens is 318 g/mol. The third kappa shape index (κ3) is 3.55. The highest BCUT2D eigenvalue weighted by Crippen LogP contribution is 2.40. The molecule has 2 aromatic carbocycles. The van der Waals surface area contributed by atoms with Crippen LogP contribution >= 0.6 is 12.4 Å². The van der Waals surface area contributed by atoms with Crippen LogP contribution in [0.4, 0.5) is 0 Å². The number of Topliss-reactive ketones (excluding diaryl/α,β-unsaturated/α-hetero) is 1. The lowest BCUT2D eigenvalue weighted by Crippen LogP contribution is -2.48. The Bertz CT molecular complexity index is 588. The fourth-order valence-corrected chi connectivity index (χ4v) is 3.88. The van der Waals surface area contributed by atoms with E-state index in [1.165, 1.54) is 11.1 Å². The molecule has 1 saturated heterocycles. The molecule has 128 valence electrons. The molecule has 1 fully saturated rings. The Labute approximate surface area is 151 Å². The molecule has 2 aromatic rings. The van der Waals surface area contributed by atoms with Crippen molar-refractivity contribution in [1.29, 1.82) is 0 Å². The lowest BCUT2D eigenvalue weighted by Gasteiger charge is -2.41. The maximum Gasteiger partial charge on any atom is 0.142 e. The highest BCUT2D eigenvalue weighted by molar-refractivity contribution is 5.86. The van der Waals surface area contributed by atoms with E-state index in [-0.39, 0.29) is 36.3 Å². The number of hydrogen-bond acceptors (Lipinski definition) is 2. The molecule has 1 aliphatic heterocycles. The quantitative estimate of drug-likeness (QED) is 0.835. The van der Waals surface area contributed by atoms with E-state index in [1.807, 2.05) is 12.1 Å². The average molecular weight is 344 g/mol. The average Bonchev–Trinajstić information content (AvgIpc) is 2.62. The van der Waals surface area contributed by atoms with E-state index in [1.54, 1.807) is 0 Å². The van der Waals surface area contributed by atoms with Crippen molar-refractivity contribution in [2.24, 2.45) is 11.8 Å². The Morgan fingerprint density at radius 1 is 0.750 bits per heavy atom. The topological polar surface area (TPSA) is 29.1 Å². The van der Waals surface area contributed by atoms with Gasteiger partial charge in [-0.25, -0.2) is 0 Å². The Balaban J connectivity index is 0.00000208. The maximum absolute atomic E-state index is 13.1. The summed E-state index contributed by atoms with van der Waals surface area (Å²) in [4.78, 5) is 13.1. The predicted octanol–water partition coefficient (Wildman–Crippen LogP) is 5.12. The summed E-state index contributed by atoms with van der Waals surface area (Å²) in [6.07, 6.45) is 1.76. The Morgan fingerprint density at radius 2 is 1.12 bits per heavy atom. The second-order valence-corrected chi connectivity index (χ2v) is 6.38. The minimum absolute atomic E-state index is 0. The first-order valence-corrected chi connectivity index (χ1v) is 8.65. The molecule has 24 heavy (non-hydrogen) atoms. The van der Waals surface area contributed by atoms with Crippen LogP contribution in [-0.2, 0) is 4.79 Å². The monoisotopic (exact) mass is 343 g/mol. The van der Waals surface area contributed by atoms with E-state index in [2.05, 4.69) is 67.7 Å². The molecule has 4 atom stereocenters. The van der Waals surface area contributed by atoms with E-state index in [0.717, 1.165) is 12.8 Å². The van der Waals surface area contributed by atoms with Gasteiger partial charge in [0.05, 0.1) is 0 Å². The fraction of sp³-hybridized carbons (Fsp3) is 0.381. The lowest BCUT2D eigenvalue weighted by molar-refractivity contribution is -0.132. The number of benzene rings is 2. The van der Waals surface area contributed by atoms with Crippen molar-refractivity contribution in [3.63, 3.8) is 0 Å². The molecule has 0 amide bonds. The number of halogens is 1. The van der Waals surface area contributed by atoms with Crippen molar-refractivity contribution >= 4 is 18.2 Å². The van der Waals surface area contributed by atoms with Gasteiger partial charge in [0.25, 0.3) is 0 Å². The maximum atomic E-state index is 13.1. The van der Waals surface area contributed by atoms with Crippen molar-refractivity contribution in [3.05, 3.63) is 71.8 Å². The lowest BCUT2D eigenvalue weighted by atomic mass is 9.73. The van der Waals surface area contributed by atoms with Crippen molar-refractivity contribution in [1.82, 2.24) is 5.32 Å². The van der Waals surface area contributed by atoms with Gasteiger partial charge in [0.2, 0.25) is 0 Å². The van der Waals surface area contributed by atoms with Gasteiger partial charge in [0, 0.05) is 23.9 Å². The number of piperidine rings is 1. The normalized spacial score (nSPS) is 26.7. The van der Waals surface area contributed by atoms with Crippen LogP contribution in [0.3, 0.4) is 0 Å². The summed E-state index contributed by atoms with van der Waals surface area (Å²) in [5.74, 6) is 0.529.